The molecule has 0 fully saturated rings. The lowest BCUT2D eigenvalue weighted by Gasteiger charge is -2.31. The molecule has 0 radical (unpaired) electrons. The minimum Gasteiger partial charge on any atom is -0.350 e. The third-order valence-electron chi connectivity index (χ3n) is 4.44. The molecule has 2 amide bonds. The first kappa shape index (κ1) is 21.6. The minimum absolute atomic E-state index is 0.0378. The van der Waals surface area contributed by atoms with Crippen LogP contribution in [0, 0.1) is 12.7 Å². The predicted octanol–water partition coefficient (Wildman–Crippen LogP) is 4.01. The summed E-state index contributed by atoms with van der Waals surface area (Å²) in [6, 6.07) is 13.3. The molecule has 0 aromatic heterocycles. The van der Waals surface area contributed by atoms with Gasteiger partial charge in [-0.2, -0.15) is 0 Å². The average molecular weight is 384 g/mol. The molecule has 2 aromatic carbocycles. The molecule has 150 valence electrons. The number of halogens is 1. The standard InChI is InChI=1S/C23H29FN2O2/c1-16-10-12-18(13-11-16)14-21(27)26(15-19-8-6-7-9-20(19)24)17(2)22(28)25-23(3,4)5/h6-13,17H,14-15H2,1-5H3,(H,25,28). The topological polar surface area (TPSA) is 49.4 Å². The molecule has 28 heavy (non-hydrogen) atoms. The molecule has 4 nitrogen and oxygen atoms in total. The van der Waals surface area contributed by atoms with Gasteiger partial charge in [-0.05, 0) is 46.2 Å². The Labute approximate surface area is 166 Å². The van der Waals surface area contributed by atoms with Gasteiger partial charge in [0.25, 0.3) is 0 Å². The summed E-state index contributed by atoms with van der Waals surface area (Å²) in [7, 11) is 0. The number of carbonyl (C=O) groups is 2. The van der Waals surface area contributed by atoms with E-state index in [9.17, 15) is 14.0 Å². The van der Waals surface area contributed by atoms with E-state index in [-0.39, 0.29) is 30.6 Å². The fourth-order valence-electron chi connectivity index (χ4n) is 2.85. The molecular weight excluding hydrogens is 355 g/mol. The van der Waals surface area contributed by atoms with Crippen molar-refractivity contribution in [3.8, 4) is 0 Å². The van der Waals surface area contributed by atoms with Crippen molar-refractivity contribution >= 4 is 11.8 Å². The lowest BCUT2D eigenvalue weighted by Crippen LogP contribution is -2.52. The molecular formula is C23H29FN2O2. The molecule has 0 bridgehead atoms. The fourth-order valence-corrected chi connectivity index (χ4v) is 2.85. The SMILES string of the molecule is Cc1ccc(CC(=O)N(Cc2ccccc2F)C(C)C(=O)NC(C)(C)C)cc1. The highest BCUT2D eigenvalue weighted by Gasteiger charge is 2.28. The third kappa shape index (κ3) is 6.19. The maximum absolute atomic E-state index is 14.2. The molecule has 2 aromatic rings. The van der Waals surface area contributed by atoms with Crippen LogP contribution in [0.5, 0.6) is 0 Å². The van der Waals surface area contributed by atoms with Crippen molar-refractivity contribution < 1.29 is 14.0 Å². The van der Waals surface area contributed by atoms with Gasteiger partial charge >= 0.3 is 0 Å². The van der Waals surface area contributed by atoms with Crippen LogP contribution in [-0.2, 0) is 22.6 Å². The number of benzene rings is 2. The average Bonchev–Trinajstić information content (AvgIpc) is 2.61. The number of hydrogen-bond donors (Lipinski definition) is 1. The number of nitrogens with zero attached hydrogens (tertiary/aromatic N) is 1. The van der Waals surface area contributed by atoms with Crippen LogP contribution in [-0.4, -0.2) is 28.3 Å². The van der Waals surface area contributed by atoms with Gasteiger partial charge in [0.2, 0.25) is 11.8 Å². The van der Waals surface area contributed by atoms with Gasteiger partial charge in [-0.1, -0.05) is 48.0 Å². The van der Waals surface area contributed by atoms with Crippen LogP contribution >= 0.6 is 0 Å². The summed E-state index contributed by atoms with van der Waals surface area (Å²) in [6.07, 6.45) is 0.155. The Bertz CT molecular complexity index is 825. The van der Waals surface area contributed by atoms with Crippen LogP contribution in [0.2, 0.25) is 0 Å². The Hall–Kier alpha value is -2.69. The Balaban J connectivity index is 2.26. The Morgan fingerprint density at radius 3 is 2.25 bits per heavy atom. The van der Waals surface area contributed by atoms with Gasteiger partial charge in [0.05, 0.1) is 6.42 Å². The first-order valence-electron chi connectivity index (χ1n) is 9.47. The van der Waals surface area contributed by atoms with Gasteiger partial charge in [0.15, 0.2) is 0 Å². The van der Waals surface area contributed by atoms with Crippen LogP contribution in [0.1, 0.15) is 44.4 Å². The number of rotatable bonds is 6. The quantitative estimate of drug-likeness (QED) is 0.818. The summed E-state index contributed by atoms with van der Waals surface area (Å²) < 4.78 is 14.2. The summed E-state index contributed by atoms with van der Waals surface area (Å²) in [6.45, 7) is 9.34. The number of carbonyl (C=O) groups excluding carboxylic acids is 2. The second kappa shape index (κ2) is 9.00. The van der Waals surface area contributed by atoms with E-state index in [4.69, 9.17) is 0 Å². The van der Waals surface area contributed by atoms with E-state index in [1.807, 2.05) is 52.0 Å². The second-order valence-electron chi connectivity index (χ2n) is 8.19. The fraction of sp³-hybridized carbons (Fsp3) is 0.391. The zero-order chi connectivity index (χ0) is 20.9. The maximum atomic E-state index is 14.2. The lowest BCUT2D eigenvalue weighted by atomic mass is 10.1. The molecule has 1 unspecified atom stereocenters. The normalized spacial score (nSPS) is 12.4. The van der Waals surface area contributed by atoms with Crippen molar-refractivity contribution in [2.75, 3.05) is 0 Å². The highest BCUT2D eigenvalue weighted by molar-refractivity contribution is 5.88. The molecule has 1 N–H and O–H groups in total. The molecule has 0 aliphatic rings. The van der Waals surface area contributed by atoms with Crippen molar-refractivity contribution in [1.29, 1.82) is 0 Å². The zero-order valence-corrected chi connectivity index (χ0v) is 17.3. The minimum atomic E-state index is -0.725. The molecule has 1 atom stereocenters. The Morgan fingerprint density at radius 1 is 1.07 bits per heavy atom. The number of amides is 2. The summed E-state index contributed by atoms with van der Waals surface area (Å²) in [5.74, 6) is -0.871. The molecule has 0 saturated heterocycles. The highest BCUT2D eigenvalue weighted by atomic mass is 19.1. The van der Waals surface area contributed by atoms with Gasteiger partial charge < -0.3 is 10.2 Å². The molecule has 0 heterocycles. The maximum Gasteiger partial charge on any atom is 0.242 e. The van der Waals surface area contributed by atoms with Gasteiger partial charge in [0.1, 0.15) is 11.9 Å². The van der Waals surface area contributed by atoms with Crippen molar-refractivity contribution in [2.45, 2.75) is 59.2 Å². The lowest BCUT2D eigenvalue weighted by molar-refractivity contribution is -0.140. The molecule has 0 aliphatic heterocycles. The summed E-state index contributed by atoms with van der Waals surface area (Å²) in [5.41, 5.74) is 1.93. The molecule has 0 spiro atoms. The Kier molecular flexibility index (Phi) is 6.95. The van der Waals surface area contributed by atoms with Crippen molar-refractivity contribution in [2.24, 2.45) is 0 Å². The van der Waals surface area contributed by atoms with E-state index in [1.54, 1.807) is 25.1 Å². The third-order valence-corrected chi connectivity index (χ3v) is 4.44. The van der Waals surface area contributed by atoms with Crippen molar-refractivity contribution in [3.05, 3.63) is 71.0 Å². The van der Waals surface area contributed by atoms with Crippen LogP contribution in [0.15, 0.2) is 48.5 Å². The van der Waals surface area contributed by atoms with E-state index < -0.39 is 11.6 Å². The monoisotopic (exact) mass is 384 g/mol. The van der Waals surface area contributed by atoms with Crippen LogP contribution in [0.3, 0.4) is 0 Å². The molecule has 5 heteroatoms. The number of nitrogens with one attached hydrogen (secondary N) is 1. The van der Waals surface area contributed by atoms with Gasteiger partial charge in [-0.15, -0.1) is 0 Å². The van der Waals surface area contributed by atoms with Crippen molar-refractivity contribution in [3.63, 3.8) is 0 Å². The van der Waals surface area contributed by atoms with Gasteiger partial charge in [0, 0.05) is 17.6 Å². The van der Waals surface area contributed by atoms with E-state index in [2.05, 4.69) is 5.32 Å². The number of aryl methyl sites for hydroxylation is 1. The molecule has 0 saturated carbocycles. The van der Waals surface area contributed by atoms with E-state index in [0.717, 1.165) is 11.1 Å². The zero-order valence-electron chi connectivity index (χ0n) is 17.3. The highest BCUT2D eigenvalue weighted by Crippen LogP contribution is 2.16. The smallest absolute Gasteiger partial charge is 0.242 e. The Morgan fingerprint density at radius 2 is 1.68 bits per heavy atom. The first-order valence-corrected chi connectivity index (χ1v) is 9.47. The number of hydrogen-bond acceptors (Lipinski definition) is 2. The summed E-state index contributed by atoms with van der Waals surface area (Å²) >= 11 is 0. The van der Waals surface area contributed by atoms with Crippen molar-refractivity contribution in [1.82, 2.24) is 10.2 Å². The van der Waals surface area contributed by atoms with Crippen LogP contribution in [0.4, 0.5) is 4.39 Å². The van der Waals surface area contributed by atoms with Gasteiger partial charge in [-0.25, -0.2) is 4.39 Å². The second-order valence-corrected chi connectivity index (χ2v) is 8.19. The molecule has 0 aliphatic carbocycles. The molecule has 2 rings (SSSR count). The summed E-state index contributed by atoms with van der Waals surface area (Å²) in [4.78, 5) is 27.2. The first-order chi connectivity index (χ1) is 13.1. The van der Waals surface area contributed by atoms with E-state index >= 15 is 0 Å². The van der Waals surface area contributed by atoms with Gasteiger partial charge in [-0.3, -0.25) is 9.59 Å². The van der Waals surface area contributed by atoms with E-state index in [1.165, 1.54) is 11.0 Å². The predicted molar refractivity (Wildman–Crippen MR) is 109 cm³/mol. The largest absolute Gasteiger partial charge is 0.350 e. The summed E-state index contributed by atoms with van der Waals surface area (Å²) in [5, 5.41) is 2.90. The van der Waals surface area contributed by atoms with Crippen LogP contribution in [0.25, 0.3) is 0 Å². The van der Waals surface area contributed by atoms with Crippen LogP contribution < -0.4 is 5.32 Å². The van der Waals surface area contributed by atoms with E-state index in [0.29, 0.717) is 5.56 Å².